The van der Waals surface area contributed by atoms with E-state index in [1.807, 2.05) is 6.07 Å². The average molecular weight is 410 g/mol. The number of nitrogens with one attached hydrogen (secondary N) is 3. The van der Waals surface area contributed by atoms with Gasteiger partial charge in [0.25, 0.3) is 11.8 Å². The molecule has 8 heteroatoms. The fraction of sp³-hybridized carbons (Fsp3) is 0.545. The summed E-state index contributed by atoms with van der Waals surface area (Å²) in [5.74, 6) is -1.85. The number of fused-ring (bicyclic) bond motifs is 1. The Morgan fingerprint density at radius 3 is 2.63 bits per heavy atom. The Morgan fingerprint density at radius 2 is 1.87 bits per heavy atom. The van der Waals surface area contributed by atoms with Crippen LogP contribution in [0.15, 0.2) is 18.2 Å². The Kier molecular flexibility index (Phi) is 4.71. The second-order valence-corrected chi connectivity index (χ2v) is 8.80. The highest BCUT2D eigenvalue weighted by molar-refractivity contribution is 6.24. The topological polar surface area (TPSA) is 108 Å². The van der Waals surface area contributed by atoms with E-state index in [-0.39, 0.29) is 24.3 Å². The van der Waals surface area contributed by atoms with Gasteiger partial charge in [-0.15, -0.1) is 0 Å². The van der Waals surface area contributed by atoms with Gasteiger partial charge < -0.3 is 10.6 Å². The minimum absolute atomic E-state index is 0.120. The van der Waals surface area contributed by atoms with Gasteiger partial charge in [0.05, 0.1) is 11.1 Å². The fourth-order valence-corrected chi connectivity index (χ4v) is 5.66. The zero-order chi connectivity index (χ0) is 20.9. The molecule has 3 aliphatic heterocycles. The fourth-order valence-electron chi connectivity index (χ4n) is 5.66. The normalized spacial score (nSPS) is 27.8. The molecule has 0 radical (unpaired) electrons. The molecule has 1 aromatic rings. The average Bonchev–Trinajstić information content (AvgIpc) is 3.42. The highest BCUT2D eigenvalue weighted by atomic mass is 16.2. The predicted molar refractivity (Wildman–Crippen MR) is 108 cm³/mol. The number of amides is 4. The van der Waals surface area contributed by atoms with E-state index in [1.165, 1.54) is 12.8 Å². The lowest BCUT2D eigenvalue weighted by Crippen LogP contribution is -2.54. The molecule has 158 valence electrons. The van der Waals surface area contributed by atoms with Crippen LogP contribution in [0.25, 0.3) is 0 Å². The second kappa shape index (κ2) is 7.28. The van der Waals surface area contributed by atoms with E-state index in [2.05, 4.69) is 16.0 Å². The van der Waals surface area contributed by atoms with Crippen LogP contribution in [-0.2, 0) is 16.1 Å². The summed E-state index contributed by atoms with van der Waals surface area (Å²) < 4.78 is 0. The molecule has 2 atom stereocenters. The summed E-state index contributed by atoms with van der Waals surface area (Å²) in [5.41, 5.74) is 1.65. The highest BCUT2D eigenvalue weighted by Gasteiger charge is 2.46. The van der Waals surface area contributed by atoms with Crippen LogP contribution in [0, 0.1) is 0 Å². The first-order chi connectivity index (χ1) is 14.5. The molecule has 3 heterocycles. The maximum Gasteiger partial charge on any atom is 0.262 e. The van der Waals surface area contributed by atoms with E-state index < -0.39 is 23.8 Å². The number of piperidine rings is 1. The molecule has 2 saturated heterocycles. The molecule has 3 fully saturated rings. The van der Waals surface area contributed by atoms with Crippen molar-refractivity contribution in [1.82, 2.24) is 20.9 Å². The van der Waals surface area contributed by atoms with Crippen molar-refractivity contribution in [2.24, 2.45) is 0 Å². The van der Waals surface area contributed by atoms with E-state index in [4.69, 9.17) is 0 Å². The van der Waals surface area contributed by atoms with Crippen molar-refractivity contribution in [3.8, 4) is 0 Å². The molecule has 5 rings (SSSR count). The molecular formula is C22H26N4O4. The maximum atomic E-state index is 13.2. The molecule has 30 heavy (non-hydrogen) atoms. The maximum absolute atomic E-state index is 13.2. The summed E-state index contributed by atoms with van der Waals surface area (Å²) in [4.78, 5) is 50.9. The van der Waals surface area contributed by atoms with Crippen molar-refractivity contribution in [3.63, 3.8) is 0 Å². The Balaban J connectivity index is 1.37. The van der Waals surface area contributed by atoms with E-state index in [1.54, 1.807) is 12.1 Å². The van der Waals surface area contributed by atoms with Gasteiger partial charge in [-0.1, -0.05) is 25.0 Å². The van der Waals surface area contributed by atoms with Crippen LogP contribution in [0.2, 0.25) is 0 Å². The van der Waals surface area contributed by atoms with Crippen LogP contribution >= 0.6 is 0 Å². The summed E-state index contributed by atoms with van der Waals surface area (Å²) in [7, 11) is 0. The van der Waals surface area contributed by atoms with Crippen molar-refractivity contribution in [2.75, 3.05) is 6.54 Å². The Morgan fingerprint density at radius 1 is 1.07 bits per heavy atom. The molecule has 2 unspecified atom stereocenters. The molecule has 3 N–H and O–H groups in total. The summed E-state index contributed by atoms with van der Waals surface area (Å²) in [5, 5.41) is 9.55. The first-order valence-electron chi connectivity index (χ1n) is 10.8. The number of rotatable bonds is 4. The second-order valence-electron chi connectivity index (χ2n) is 8.80. The molecule has 1 spiro atoms. The van der Waals surface area contributed by atoms with Gasteiger partial charge >= 0.3 is 0 Å². The van der Waals surface area contributed by atoms with Gasteiger partial charge in [0.2, 0.25) is 11.8 Å². The predicted octanol–water partition coefficient (Wildman–Crippen LogP) is 0.852. The quantitative estimate of drug-likeness (QED) is 0.636. The van der Waals surface area contributed by atoms with Crippen LogP contribution in [0.4, 0.5) is 0 Å². The van der Waals surface area contributed by atoms with Gasteiger partial charge in [-0.2, -0.15) is 0 Å². The van der Waals surface area contributed by atoms with E-state index in [0.29, 0.717) is 23.7 Å². The summed E-state index contributed by atoms with van der Waals surface area (Å²) in [6.07, 6.45) is 6.13. The SMILES string of the molecule is O=C1CCC(N2C(=O)c3cccc(CNC4CCNC45CCCC5)c3C2=O)C(=O)N1. The van der Waals surface area contributed by atoms with Gasteiger partial charge in [-0.3, -0.25) is 29.4 Å². The molecule has 8 nitrogen and oxygen atoms in total. The Hall–Kier alpha value is -2.58. The third-order valence-electron chi connectivity index (χ3n) is 7.17. The lowest BCUT2D eigenvalue weighted by molar-refractivity contribution is -0.136. The largest absolute Gasteiger partial charge is 0.310 e. The third-order valence-corrected chi connectivity index (χ3v) is 7.17. The lowest BCUT2D eigenvalue weighted by Gasteiger charge is -2.32. The van der Waals surface area contributed by atoms with Crippen molar-refractivity contribution >= 4 is 23.6 Å². The van der Waals surface area contributed by atoms with Crippen LogP contribution < -0.4 is 16.0 Å². The van der Waals surface area contributed by atoms with Crippen molar-refractivity contribution in [3.05, 3.63) is 34.9 Å². The minimum Gasteiger partial charge on any atom is -0.310 e. The third kappa shape index (κ3) is 2.97. The Bertz CT molecular complexity index is 932. The highest BCUT2D eigenvalue weighted by Crippen LogP contribution is 2.37. The first kappa shape index (κ1) is 19.4. The van der Waals surface area contributed by atoms with Crippen molar-refractivity contribution in [1.29, 1.82) is 0 Å². The number of hydrogen-bond donors (Lipinski definition) is 3. The zero-order valence-corrected chi connectivity index (χ0v) is 16.8. The van der Waals surface area contributed by atoms with Gasteiger partial charge in [-0.25, -0.2) is 0 Å². The van der Waals surface area contributed by atoms with Crippen LogP contribution in [0.1, 0.15) is 71.2 Å². The van der Waals surface area contributed by atoms with Gasteiger partial charge in [0.1, 0.15) is 6.04 Å². The molecule has 0 aromatic heterocycles. The molecule has 1 saturated carbocycles. The number of imide groups is 2. The molecular weight excluding hydrogens is 384 g/mol. The van der Waals surface area contributed by atoms with Gasteiger partial charge in [0, 0.05) is 24.5 Å². The van der Waals surface area contributed by atoms with Crippen LogP contribution in [-0.4, -0.2) is 52.7 Å². The van der Waals surface area contributed by atoms with Crippen molar-refractivity contribution < 1.29 is 19.2 Å². The smallest absolute Gasteiger partial charge is 0.262 e. The van der Waals surface area contributed by atoms with E-state index in [9.17, 15) is 19.2 Å². The summed E-state index contributed by atoms with van der Waals surface area (Å²) >= 11 is 0. The van der Waals surface area contributed by atoms with Gasteiger partial charge in [0.15, 0.2) is 0 Å². The first-order valence-corrected chi connectivity index (χ1v) is 10.8. The minimum atomic E-state index is -0.934. The number of carbonyl (C=O) groups excluding carboxylic acids is 4. The number of hydrogen-bond acceptors (Lipinski definition) is 6. The van der Waals surface area contributed by atoms with Crippen molar-refractivity contribution in [2.45, 2.75) is 69.1 Å². The van der Waals surface area contributed by atoms with Crippen LogP contribution in [0.3, 0.4) is 0 Å². The summed E-state index contributed by atoms with van der Waals surface area (Å²) in [6, 6.07) is 4.70. The number of nitrogens with zero attached hydrogens (tertiary/aromatic N) is 1. The number of carbonyl (C=O) groups is 4. The zero-order valence-electron chi connectivity index (χ0n) is 16.8. The summed E-state index contributed by atoms with van der Waals surface area (Å²) in [6.45, 7) is 1.49. The molecule has 4 aliphatic rings. The van der Waals surface area contributed by atoms with E-state index in [0.717, 1.165) is 36.3 Å². The van der Waals surface area contributed by atoms with Gasteiger partial charge in [-0.05, 0) is 43.9 Å². The standard InChI is InChI=1S/C22H26N4O4/c27-17-7-6-15(19(28)25-17)26-20(29)14-5-3-4-13(18(14)21(26)30)12-23-16-8-11-24-22(16)9-1-2-10-22/h3-5,15-16,23-24H,1-2,6-12H2,(H,25,27,28). The Labute approximate surface area is 174 Å². The number of benzene rings is 1. The molecule has 4 amide bonds. The monoisotopic (exact) mass is 410 g/mol. The molecule has 1 aliphatic carbocycles. The molecule has 0 bridgehead atoms. The van der Waals surface area contributed by atoms with E-state index >= 15 is 0 Å². The lowest BCUT2D eigenvalue weighted by atomic mass is 9.90. The molecule has 1 aromatic carbocycles. The van der Waals surface area contributed by atoms with Crippen LogP contribution in [0.5, 0.6) is 0 Å².